The van der Waals surface area contributed by atoms with Crippen molar-refractivity contribution in [3.05, 3.63) is 42.3 Å². The molecule has 34 heavy (non-hydrogen) atoms. The summed E-state index contributed by atoms with van der Waals surface area (Å²) in [6.45, 7) is 7.14. The van der Waals surface area contributed by atoms with E-state index in [2.05, 4.69) is 15.0 Å². The molecule has 3 aromatic rings. The monoisotopic (exact) mass is 471 g/mol. The molecule has 182 valence electrons. The predicted octanol–water partition coefficient (Wildman–Crippen LogP) is 3.44. The smallest absolute Gasteiger partial charge is 0.416 e. The number of phenols is 1. The van der Waals surface area contributed by atoms with Crippen molar-refractivity contribution in [1.29, 1.82) is 0 Å². The van der Waals surface area contributed by atoms with Crippen molar-refractivity contribution in [1.82, 2.24) is 19.5 Å². The molecule has 3 heterocycles. The van der Waals surface area contributed by atoms with Crippen LogP contribution in [0.1, 0.15) is 33.6 Å². The van der Waals surface area contributed by atoms with Gasteiger partial charge in [-0.3, -0.25) is 9.80 Å². The lowest BCUT2D eigenvalue weighted by atomic mass is 10.1. The van der Waals surface area contributed by atoms with Crippen molar-refractivity contribution < 1.29 is 24.1 Å². The SMILES string of the molecule is CC(C)(C)OC(=O)N(CCN1CCC[C@H]1CO)c1ccc2ncc(-c3cc(O)ccc3F)n2n1. The van der Waals surface area contributed by atoms with Gasteiger partial charge in [0, 0.05) is 24.7 Å². The van der Waals surface area contributed by atoms with Gasteiger partial charge >= 0.3 is 6.09 Å². The number of amides is 1. The number of ether oxygens (including phenoxy) is 1. The highest BCUT2D eigenvalue weighted by molar-refractivity contribution is 5.86. The number of nitrogens with zero attached hydrogens (tertiary/aromatic N) is 5. The third-order valence-corrected chi connectivity index (χ3v) is 5.79. The molecular weight excluding hydrogens is 441 g/mol. The fraction of sp³-hybridized carbons (Fsp3) is 0.458. The molecule has 0 saturated carbocycles. The Balaban J connectivity index is 1.69. The number of halogens is 1. The molecule has 0 radical (unpaired) electrons. The maximum absolute atomic E-state index is 14.5. The van der Waals surface area contributed by atoms with E-state index in [1.165, 1.54) is 33.8 Å². The molecule has 2 aromatic heterocycles. The zero-order valence-electron chi connectivity index (χ0n) is 19.6. The Bertz CT molecular complexity index is 1180. The molecule has 10 heteroatoms. The van der Waals surface area contributed by atoms with Gasteiger partial charge in [-0.15, -0.1) is 5.10 Å². The summed E-state index contributed by atoms with van der Waals surface area (Å²) in [5, 5.41) is 24.1. The van der Waals surface area contributed by atoms with Crippen molar-refractivity contribution >= 4 is 17.6 Å². The second-order valence-corrected chi connectivity index (χ2v) is 9.42. The highest BCUT2D eigenvalue weighted by atomic mass is 19.1. The van der Waals surface area contributed by atoms with Gasteiger partial charge in [-0.05, 0) is 70.5 Å². The summed E-state index contributed by atoms with van der Waals surface area (Å²) in [6.07, 6.45) is 2.83. The van der Waals surface area contributed by atoms with E-state index < -0.39 is 17.5 Å². The molecule has 2 N–H and O–H groups in total. The number of hydrogen-bond acceptors (Lipinski definition) is 7. The summed E-state index contributed by atoms with van der Waals surface area (Å²) in [7, 11) is 0. The molecule has 1 amide bonds. The first kappa shape index (κ1) is 23.9. The molecule has 1 saturated heterocycles. The average Bonchev–Trinajstić information content (AvgIpc) is 3.40. The molecule has 1 aliphatic rings. The van der Waals surface area contributed by atoms with E-state index in [9.17, 15) is 19.4 Å². The van der Waals surface area contributed by atoms with Crippen molar-refractivity contribution in [2.45, 2.75) is 45.3 Å². The number of aliphatic hydroxyl groups excluding tert-OH is 1. The molecule has 1 aromatic carbocycles. The molecule has 4 rings (SSSR count). The highest BCUT2D eigenvalue weighted by Crippen LogP contribution is 2.28. The summed E-state index contributed by atoms with van der Waals surface area (Å²) in [5.41, 5.74) is 0.245. The Hall–Kier alpha value is -3.24. The van der Waals surface area contributed by atoms with E-state index in [-0.39, 0.29) is 24.0 Å². The molecule has 1 atom stereocenters. The van der Waals surface area contributed by atoms with Gasteiger partial charge in [0.15, 0.2) is 11.5 Å². The summed E-state index contributed by atoms with van der Waals surface area (Å²) < 4.78 is 21.6. The van der Waals surface area contributed by atoms with Gasteiger partial charge in [-0.1, -0.05) is 0 Å². The van der Waals surface area contributed by atoms with Gasteiger partial charge in [0.2, 0.25) is 0 Å². The van der Waals surface area contributed by atoms with Crippen molar-refractivity contribution in [2.24, 2.45) is 0 Å². The topological polar surface area (TPSA) is 103 Å². The van der Waals surface area contributed by atoms with Gasteiger partial charge in [-0.2, -0.15) is 0 Å². The maximum Gasteiger partial charge on any atom is 0.416 e. The zero-order chi connectivity index (χ0) is 24.5. The lowest BCUT2D eigenvalue weighted by Gasteiger charge is -2.29. The maximum atomic E-state index is 14.5. The van der Waals surface area contributed by atoms with Gasteiger partial charge in [-0.25, -0.2) is 18.7 Å². The van der Waals surface area contributed by atoms with Crippen LogP contribution >= 0.6 is 0 Å². The second kappa shape index (κ2) is 9.55. The van der Waals surface area contributed by atoms with Crippen molar-refractivity contribution in [3.63, 3.8) is 0 Å². The number of hydrogen-bond donors (Lipinski definition) is 2. The van der Waals surface area contributed by atoms with E-state index in [0.29, 0.717) is 30.2 Å². The van der Waals surface area contributed by atoms with Crippen LogP contribution in [0, 0.1) is 5.82 Å². The zero-order valence-corrected chi connectivity index (χ0v) is 19.6. The van der Waals surface area contributed by atoms with E-state index in [0.717, 1.165) is 19.4 Å². The minimum Gasteiger partial charge on any atom is -0.508 e. The normalized spacial score (nSPS) is 16.8. The largest absolute Gasteiger partial charge is 0.508 e. The molecular formula is C24H30FN5O4. The van der Waals surface area contributed by atoms with Crippen LogP contribution in [0.25, 0.3) is 16.9 Å². The van der Waals surface area contributed by atoms with E-state index in [1.807, 2.05) is 0 Å². The first-order valence-corrected chi connectivity index (χ1v) is 11.4. The Morgan fingerprint density at radius 2 is 2.09 bits per heavy atom. The number of aromatic hydroxyl groups is 1. The van der Waals surface area contributed by atoms with Crippen LogP contribution in [-0.4, -0.2) is 73.7 Å². The van der Waals surface area contributed by atoms with Gasteiger partial charge in [0.1, 0.15) is 17.2 Å². The molecule has 0 spiro atoms. The number of imidazole rings is 1. The molecule has 9 nitrogen and oxygen atoms in total. The summed E-state index contributed by atoms with van der Waals surface area (Å²) in [4.78, 5) is 21.0. The number of aliphatic hydroxyl groups is 1. The third-order valence-electron chi connectivity index (χ3n) is 5.79. The fourth-order valence-electron chi connectivity index (χ4n) is 4.14. The third kappa shape index (κ3) is 5.13. The van der Waals surface area contributed by atoms with Crippen LogP contribution in [0.3, 0.4) is 0 Å². The van der Waals surface area contributed by atoms with Crippen LogP contribution in [0.2, 0.25) is 0 Å². The number of rotatable bonds is 6. The number of aromatic nitrogens is 3. The number of likely N-dealkylation sites (tertiary alicyclic amines) is 1. The Morgan fingerprint density at radius 1 is 1.29 bits per heavy atom. The van der Waals surface area contributed by atoms with Gasteiger partial charge in [0.05, 0.1) is 18.5 Å². The first-order chi connectivity index (χ1) is 16.2. The Labute approximate surface area is 197 Å². The number of fused-ring (bicyclic) bond motifs is 1. The van der Waals surface area contributed by atoms with E-state index in [4.69, 9.17) is 4.74 Å². The summed E-state index contributed by atoms with van der Waals surface area (Å²) in [6, 6.07) is 7.18. The van der Waals surface area contributed by atoms with Crippen molar-refractivity contribution in [3.8, 4) is 17.0 Å². The number of carbonyl (C=O) groups excluding carboxylic acids is 1. The average molecular weight is 472 g/mol. The van der Waals surface area contributed by atoms with E-state index >= 15 is 0 Å². The van der Waals surface area contributed by atoms with Crippen LogP contribution in [0.4, 0.5) is 15.0 Å². The number of phenolic OH excluding ortho intramolecular Hbond substituents is 1. The van der Waals surface area contributed by atoms with Crippen LogP contribution in [0.5, 0.6) is 5.75 Å². The minimum absolute atomic E-state index is 0.0739. The Morgan fingerprint density at radius 3 is 2.82 bits per heavy atom. The lowest BCUT2D eigenvalue weighted by molar-refractivity contribution is 0.0572. The Kier molecular flexibility index (Phi) is 6.72. The highest BCUT2D eigenvalue weighted by Gasteiger charge is 2.28. The molecule has 1 aliphatic heterocycles. The predicted molar refractivity (Wildman–Crippen MR) is 125 cm³/mol. The second-order valence-electron chi connectivity index (χ2n) is 9.42. The number of benzene rings is 1. The fourth-order valence-corrected chi connectivity index (χ4v) is 4.14. The van der Waals surface area contributed by atoms with Gasteiger partial charge in [0.25, 0.3) is 0 Å². The quantitative estimate of drug-likeness (QED) is 0.568. The van der Waals surface area contributed by atoms with Crippen LogP contribution < -0.4 is 4.90 Å². The summed E-state index contributed by atoms with van der Waals surface area (Å²) >= 11 is 0. The van der Waals surface area contributed by atoms with Gasteiger partial charge < -0.3 is 14.9 Å². The first-order valence-electron chi connectivity index (χ1n) is 11.4. The molecule has 0 aliphatic carbocycles. The standard InChI is InChI=1S/C24H30FN5O4/c1-24(2,3)34-23(33)29(12-11-28-10-4-5-16(28)15-31)22-9-8-21-26-14-20(30(21)27-22)18-13-17(32)6-7-19(18)25/h6-9,13-14,16,31-32H,4-5,10-12,15H2,1-3H3/t16-/m0/s1. The van der Waals surface area contributed by atoms with Crippen LogP contribution in [0.15, 0.2) is 36.5 Å². The summed E-state index contributed by atoms with van der Waals surface area (Å²) in [5.74, 6) is -0.289. The lowest BCUT2D eigenvalue weighted by Crippen LogP contribution is -2.44. The number of anilines is 1. The molecule has 0 bridgehead atoms. The number of carbonyl (C=O) groups is 1. The molecule has 1 fully saturated rings. The minimum atomic E-state index is -0.703. The van der Waals surface area contributed by atoms with E-state index in [1.54, 1.807) is 32.9 Å². The molecule has 0 unspecified atom stereocenters. The van der Waals surface area contributed by atoms with Crippen molar-refractivity contribution in [2.75, 3.05) is 31.1 Å². The van der Waals surface area contributed by atoms with Crippen LogP contribution in [-0.2, 0) is 4.74 Å².